The molecule has 0 saturated carbocycles. The van der Waals surface area contributed by atoms with Crippen molar-refractivity contribution >= 4 is 16.9 Å². The summed E-state index contributed by atoms with van der Waals surface area (Å²) < 4.78 is 0. The zero-order chi connectivity index (χ0) is 13.4. The first-order valence-electron chi connectivity index (χ1n) is 5.82. The van der Waals surface area contributed by atoms with Gasteiger partial charge in [-0.3, -0.25) is 4.79 Å². The second-order valence-electron chi connectivity index (χ2n) is 4.70. The highest BCUT2D eigenvalue weighted by atomic mass is 16.4. The molecule has 0 bridgehead atoms. The summed E-state index contributed by atoms with van der Waals surface area (Å²) in [5, 5.41) is 10.0. The molecule has 4 nitrogen and oxygen atoms in total. The number of carboxylic acids is 1. The van der Waals surface area contributed by atoms with Crippen LogP contribution in [0.4, 0.5) is 0 Å². The summed E-state index contributed by atoms with van der Waals surface area (Å²) in [6.07, 6.45) is 0. The summed E-state index contributed by atoms with van der Waals surface area (Å²) in [6, 6.07) is 5.61. The highest BCUT2D eigenvalue weighted by Crippen LogP contribution is 2.27. The van der Waals surface area contributed by atoms with Crippen molar-refractivity contribution in [3.63, 3.8) is 0 Å². The Bertz CT molecular complexity index is 683. The molecule has 4 heteroatoms. The van der Waals surface area contributed by atoms with Crippen molar-refractivity contribution in [2.75, 3.05) is 0 Å². The predicted octanol–water partition coefficient (Wildman–Crippen LogP) is 2.66. The van der Waals surface area contributed by atoms with E-state index >= 15 is 0 Å². The van der Waals surface area contributed by atoms with E-state index in [2.05, 4.69) is 4.98 Å². The number of carbonyl (C=O) groups is 1. The highest BCUT2D eigenvalue weighted by molar-refractivity contribution is 5.97. The average Bonchev–Trinajstić information content (AvgIpc) is 2.28. The SMILES string of the molecule is Cc1cccc2c(C(C)C)c(C(=O)O)c(=O)[nH]c12. The van der Waals surface area contributed by atoms with Gasteiger partial charge in [0.25, 0.3) is 5.56 Å². The van der Waals surface area contributed by atoms with Crippen molar-refractivity contribution in [1.82, 2.24) is 4.98 Å². The molecule has 0 unspecified atom stereocenters. The Morgan fingerprint density at radius 2 is 2.00 bits per heavy atom. The summed E-state index contributed by atoms with van der Waals surface area (Å²) in [5.41, 5.74) is 1.57. The number of fused-ring (bicyclic) bond motifs is 1. The number of para-hydroxylation sites is 1. The molecule has 18 heavy (non-hydrogen) atoms. The number of aromatic amines is 1. The maximum atomic E-state index is 11.9. The van der Waals surface area contributed by atoms with Crippen molar-refractivity contribution in [1.29, 1.82) is 0 Å². The Morgan fingerprint density at radius 3 is 2.56 bits per heavy atom. The Morgan fingerprint density at radius 1 is 1.33 bits per heavy atom. The molecule has 0 aliphatic carbocycles. The van der Waals surface area contributed by atoms with Gasteiger partial charge in [-0.2, -0.15) is 0 Å². The second-order valence-corrected chi connectivity index (χ2v) is 4.70. The summed E-state index contributed by atoms with van der Waals surface area (Å²) in [5.74, 6) is -1.20. The third-order valence-electron chi connectivity index (χ3n) is 3.09. The first kappa shape index (κ1) is 12.4. The summed E-state index contributed by atoms with van der Waals surface area (Å²) in [6.45, 7) is 5.68. The molecule has 0 fully saturated rings. The van der Waals surface area contributed by atoms with Gasteiger partial charge >= 0.3 is 5.97 Å². The van der Waals surface area contributed by atoms with Gasteiger partial charge in [0.05, 0.1) is 5.52 Å². The minimum Gasteiger partial charge on any atom is -0.477 e. The monoisotopic (exact) mass is 245 g/mol. The summed E-state index contributed by atoms with van der Waals surface area (Å²) in [4.78, 5) is 25.8. The first-order chi connectivity index (χ1) is 8.43. The molecule has 0 saturated heterocycles. The molecule has 0 spiro atoms. The molecule has 0 amide bonds. The number of hydrogen-bond acceptors (Lipinski definition) is 2. The smallest absolute Gasteiger partial charge is 0.341 e. The highest BCUT2D eigenvalue weighted by Gasteiger charge is 2.20. The number of aromatic carboxylic acids is 1. The molecule has 2 aromatic rings. The molecule has 0 atom stereocenters. The lowest BCUT2D eigenvalue weighted by Crippen LogP contribution is -2.21. The van der Waals surface area contributed by atoms with E-state index in [-0.39, 0.29) is 11.5 Å². The van der Waals surface area contributed by atoms with Crippen molar-refractivity contribution in [2.45, 2.75) is 26.7 Å². The van der Waals surface area contributed by atoms with E-state index in [1.165, 1.54) is 0 Å². The quantitative estimate of drug-likeness (QED) is 0.854. The van der Waals surface area contributed by atoms with E-state index in [1.807, 2.05) is 39.0 Å². The normalized spacial score (nSPS) is 11.1. The Balaban J connectivity index is 3.04. The van der Waals surface area contributed by atoms with Crippen molar-refractivity contribution < 1.29 is 9.90 Å². The fourth-order valence-corrected chi connectivity index (χ4v) is 2.30. The second kappa shape index (κ2) is 4.29. The van der Waals surface area contributed by atoms with Crippen molar-refractivity contribution in [2.24, 2.45) is 0 Å². The van der Waals surface area contributed by atoms with E-state index in [0.717, 1.165) is 16.5 Å². The number of aromatic nitrogens is 1. The standard InChI is InChI=1S/C14H15NO3/c1-7(2)10-9-6-4-5-8(3)12(9)15-13(16)11(10)14(17)18/h4-7H,1-3H3,(H,15,16)(H,17,18). The van der Waals surface area contributed by atoms with E-state index in [9.17, 15) is 14.7 Å². The van der Waals surface area contributed by atoms with Crippen LogP contribution >= 0.6 is 0 Å². The number of H-pyrrole nitrogens is 1. The van der Waals surface area contributed by atoms with Crippen LogP contribution in [0.3, 0.4) is 0 Å². The van der Waals surface area contributed by atoms with Gasteiger partial charge in [0.2, 0.25) is 0 Å². The molecule has 0 aliphatic rings. The minimum atomic E-state index is -1.18. The van der Waals surface area contributed by atoms with Crippen molar-refractivity contribution in [3.8, 4) is 0 Å². The lowest BCUT2D eigenvalue weighted by atomic mass is 9.93. The molecule has 0 aliphatic heterocycles. The van der Waals surface area contributed by atoms with Crippen LogP contribution < -0.4 is 5.56 Å². The maximum absolute atomic E-state index is 11.9. The van der Waals surface area contributed by atoms with Gasteiger partial charge in [-0.25, -0.2) is 4.79 Å². The van der Waals surface area contributed by atoms with Crippen LogP contribution in [0.25, 0.3) is 10.9 Å². The van der Waals surface area contributed by atoms with Gasteiger partial charge in [-0.1, -0.05) is 32.0 Å². The number of aryl methyl sites for hydroxylation is 1. The maximum Gasteiger partial charge on any atom is 0.341 e. The van der Waals surface area contributed by atoms with Crippen LogP contribution in [0.15, 0.2) is 23.0 Å². The van der Waals surface area contributed by atoms with E-state index in [0.29, 0.717) is 5.56 Å². The molecular weight excluding hydrogens is 230 g/mol. The van der Waals surface area contributed by atoms with Gasteiger partial charge in [0, 0.05) is 5.39 Å². The topological polar surface area (TPSA) is 70.2 Å². The fraction of sp³-hybridized carbons (Fsp3) is 0.286. The summed E-state index contributed by atoms with van der Waals surface area (Å²) >= 11 is 0. The fourth-order valence-electron chi connectivity index (χ4n) is 2.30. The Hall–Kier alpha value is -2.10. The molecule has 94 valence electrons. The van der Waals surface area contributed by atoms with Crippen LogP contribution in [-0.4, -0.2) is 16.1 Å². The van der Waals surface area contributed by atoms with Gasteiger partial charge in [0.15, 0.2) is 0 Å². The third kappa shape index (κ3) is 1.79. The predicted molar refractivity (Wildman–Crippen MR) is 70.4 cm³/mol. The number of nitrogens with one attached hydrogen (secondary N) is 1. The first-order valence-corrected chi connectivity index (χ1v) is 5.82. The molecular formula is C14H15NO3. The summed E-state index contributed by atoms with van der Waals surface area (Å²) in [7, 11) is 0. The van der Waals surface area contributed by atoms with Crippen LogP contribution in [-0.2, 0) is 0 Å². The molecule has 2 N–H and O–H groups in total. The van der Waals surface area contributed by atoms with E-state index in [1.54, 1.807) is 0 Å². The van der Waals surface area contributed by atoms with Gasteiger partial charge in [-0.05, 0) is 24.0 Å². The van der Waals surface area contributed by atoms with Gasteiger partial charge in [-0.15, -0.1) is 0 Å². The Kier molecular flexibility index (Phi) is 2.95. The average molecular weight is 245 g/mol. The number of benzene rings is 1. The van der Waals surface area contributed by atoms with E-state index in [4.69, 9.17) is 0 Å². The number of carboxylic acid groups (broad SMARTS) is 1. The van der Waals surface area contributed by atoms with Crippen LogP contribution in [0, 0.1) is 6.92 Å². The molecule has 2 rings (SSSR count). The third-order valence-corrected chi connectivity index (χ3v) is 3.09. The Labute approximate surface area is 104 Å². The molecule has 1 aromatic heterocycles. The molecule has 1 aromatic carbocycles. The van der Waals surface area contributed by atoms with Gasteiger partial charge in [0.1, 0.15) is 5.56 Å². The molecule has 0 radical (unpaired) electrons. The van der Waals surface area contributed by atoms with Crippen LogP contribution in [0.1, 0.15) is 41.3 Å². The number of rotatable bonds is 2. The lowest BCUT2D eigenvalue weighted by molar-refractivity contribution is 0.0693. The van der Waals surface area contributed by atoms with Crippen LogP contribution in [0.5, 0.6) is 0 Å². The molecule has 1 heterocycles. The lowest BCUT2D eigenvalue weighted by Gasteiger charge is -2.14. The van der Waals surface area contributed by atoms with E-state index < -0.39 is 11.5 Å². The zero-order valence-corrected chi connectivity index (χ0v) is 10.6. The number of pyridine rings is 1. The zero-order valence-electron chi connectivity index (χ0n) is 10.6. The minimum absolute atomic E-state index is 0.0253. The van der Waals surface area contributed by atoms with Crippen LogP contribution in [0.2, 0.25) is 0 Å². The van der Waals surface area contributed by atoms with Crippen molar-refractivity contribution in [3.05, 3.63) is 45.2 Å². The largest absolute Gasteiger partial charge is 0.477 e. The number of hydrogen-bond donors (Lipinski definition) is 2. The van der Waals surface area contributed by atoms with Gasteiger partial charge < -0.3 is 10.1 Å².